The van der Waals surface area contributed by atoms with Crippen molar-refractivity contribution in [2.24, 2.45) is 0 Å². The quantitative estimate of drug-likeness (QED) is 0.842. The average Bonchev–Trinajstić information content (AvgIpc) is 2.37. The van der Waals surface area contributed by atoms with Crippen LogP contribution in [0.2, 0.25) is 5.02 Å². The normalized spacial score (nSPS) is 11.2. The van der Waals surface area contributed by atoms with Crippen LogP contribution in [-0.4, -0.2) is 41.2 Å². The van der Waals surface area contributed by atoms with Gasteiger partial charge in [0.25, 0.3) is 0 Å². The third kappa shape index (κ3) is 5.80. The predicted octanol–water partition coefficient (Wildman–Crippen LogP) is 2.73. The summed E-state index contributed by atoms with van der Waals surface area (Å²) in [5.74, 6) is 0.536. The minimum absolute atomic E-state index is 0.0401. The summed E-state index contributed by atoms with van der Waals surface area (Å²) in [6, 6.07) is 7.16. The van der Waals surface area contributed by atoms with Crippen molar-refractivity contribution >= 4 is 17.5 Å². The van der Waals surface area contributed by atoms with E-state index in [1.54, 1.807) is 30.9 Å². The summed E-state index contributed by atoms with van der Waals surface area (Å²) in [5, 5.41) is 10.3. The molecule has 0 aliphatic carbocycles. The van der Waals surface area contributed by atoms with Crippen molar-refractivity contribution < 1.29 is 14.6 Å². The van der Waals surface area contributed by atoms with Gasteiger partial charge in [-0.15, -0.1) is 0 Å². The largest absolute Gasteiger partial charge is 0.491 e. The van der Waals surface area contributed by atoms with Crippen LogP contribution >= 0.6 is 11.6 Å². The van der Waals surface area contributed by atoms with Crippen LogP contribution in [0.4, 0.5) is 0 Å². The molecule has 5 heteroatoms. The summed E-state index contributed by atoms with van der Waals surface area (Å²) < 4.78 is 5.49. The maximum atomic E-state index is 12.0. The smallest absolute Gasteiger partial charge is 0.226 e. The Hall–Kier alpha value is -1.26. The number of aliphatic hydroxyl groups is 1. The van der Waals surface area contributed by atoms with Gasteiger partial charge in [0.1, 0.15) is 5.75 Å². The van der Waals surface area contributed by atoms with E-state index in [9.17, 15) is 9.90 Å². The first-order valence-electron chi connectivity index (χ1n) is 6.71. The maximum absolute atomic E-state index is 12.0. The molecule has 0 bridgehead atoms. The molecule has 0 radical (unpaired) electrons. The van der Waals surface area contributed by atoms with E-state index >= 15 is 0 Å². The van der Waals surface area contributed by atoms with Gasteiger partial charge in [0.15, 0.2) is 0 Å². The number of likely N-dealkylation sites (N-methyl/N-ethyl adjacent to an activating group) is 1. The van der Waals surface area contributed by atoms with Gasteiger partial charge in [-0.1, -0.05) is 23.7 Å². The van der Waals surface area contributed by atoms with Crippen LogP contribution in [-0.2, 0) is 4.79 Å². The molecule has 4 nitrogen and oxygen atoms in total. The van der Waals surface area contributed by atoms with Crippen LogP contribution in [0.1, 0.15) is 27.2 Å². The lowest BCUT2D eigenvalue weighted by Crippen LogP contribution is -2.42. The Morgan fingerprint density at radius 3 is 2.60 bits per heavy atom. The molecular weight excluding hydrogens is 278 g/mol. The number of para-hydroxylation sites is 1. The number of carbonyl (C=O) groups is 1. The summed E-state index contributed by atoms with van der Waals surface area (Å²) in [4.78, 5) is 13.6. The molecule has 0 saturated carbocycles. The van der Waals surface area contributed by atoms with Gasteiger partial charge < -0.3 is 14.7 Å². The zero-order valence-electron chi connectivity index (χ0n) is 12.2. The number of halogens is 1. The summed E-state index contributed by atoms with van der Waals surface area (Å²) in [5.41, 5.74) is -0.894. The number of amides is 1. The number of hydrogen-bond donors (Lipinski definition) is 1. The molecule has 0 aromatic heterocycles. The van der Waals surface area contributed by atoms with Crippen LogP contribution in [0.15, 0.2) is 24.3 Å². The number of carbonyl (C=O) groups excluding carboxylic acids is 1. The first-order chi connectivity index (χ1) is 9.33. The Morgan fingerprint density at radius 1 is 1.40 bits per heavy atom. The van der Waals surface area contributed by atoms with Gasteiger partial charge in [0.05, 0.1) is 23.7 Å². The number of nitrogens with zero attached hydrogens (tertiary/aromatic N) is 1. The van der Waals surface area contributed by atoms with Crippen molar-refractivity contribution in [3.05, 3.63) is 29.3 Å². The van der Waals surface area contributed by atoms with Crippen molar-refractivity contribution in [2.45, 2.75) is 32.8 Å². The van der Waals surface area contributed by atoms with Gasteiger partial charge in [-0.05, 0) is 32.9 Å². The first-order valence-corrected chi connectivity index (χ1v) is 7.09. The van der Waals surface area contributed by atoms with Gasteiger partial charge in [0, 0.05) is 13.1 Å². The van der Waals surface area contributed by atoms with Crippen LogP contribution < -0.4 is 4.74 Å². The van der Waals surface area contributed by atoms with Gasteiger partial charge in [0.2, 0.25) is 5.91 Å². The standard InChI is InChI=1S/C15H22ClNO3/c1-4-17(11-15(2,3)19)14(18)9-10-20-13-8-6-5-7-12(13)16/h5-8,19H,4,9-11H2,1-3H3. The lowest BCUT2D eigenvalue weighted by atomic mass is 10.1. The molecule has 0 spiro atoms. The Kier molecular flexibility index (Phi) is 6.30. The molecule has 0 atom stereocenters. The fraction of sp³-hybridized carbons (Fsp3) is 0.533. The molecule has 1 amide bonds. The maximum Gasteiger partial charge on any atom is 0.226 e. The second-order valence-electron chi connectivity index (χ2n) is 5.25. The van der Waals surface area contributed by atoms with Crippen LogP contribution in [0, 0.1) is 0 Å². The number of benzene rings is 1. The summed E-state index contributed by atoms with van der Waals surface area (Å²) >= 11 is 5.96. The lowest BCUT2D eigenvalue weighted by molar-refractivity contribution is -0.134. The van der Waals surface area contributed by atoms with E-state index in [1.165, 1.54) is 0 Å². The Labute approximate surface area is 125 Å². The number of ether oxygens (including phenoxy) is 1. The Morgan fingerprint density at radius 2 is 2.05 bits per heavy atom. The monoisotopic (exact) mass is 299 g/mol. The summed E-state index contributed by atoms with van der Waals surface area (Å²) in [6.45, 7) is 6.40. The highest BCUT2D eigenvalue weighted by Gasteiger charge is 2.21. The minimum Gasteiger partial charge on any atom is -0.491 e. The molecule has 1 aromatic rings. The second-order valence-corrected chi connectivity index (χ2v) is 5.66. The van der Waals surface area contributed by atoms with Crippen molar-refractivity contribution in [3.8, 4) is 5.75 Å². The lowest BCUT2D eigenvalue weighted by Gasteiger charge is -2.28. The van der Waals surface area contributed by atoms with Crippen molar-refractivity contribution in [1.29, 1.82) is 0 Å². The molecule has 0 heterocycles. The van der Waals surface area contributed by atoms with E-state index in [2.05, 4.69) is 0 Å². The highest BCUT2D eigenvalue weighted by Crippen LogP contribution is 2.23. The predicted molar refractivity (Wildman–Crippen MR) is 80.1 cm³/mol. The molecule has 0 unspecified atom stereocenters. The van der Waals surface area contributed by atoms with Crippen molar-refractivity contribution in [3.63, 3.8) is 0 Å². The van der Waals surface area contributed by atoms with E-state index in [4.69, 9.17) is 16.3 Å². The van der Waals surface area contributed by atoms with E-state index in [1.807, 2.05) is 19.1 Å². The van der Waals surface area contributed by atoms with E-state index in [0.29, 0.717) is 23.9 Å². The molecule has 0 aliphatic rings. The van der Waals surface area contributed by atoms with E-state index in [0.717, 1.165) is 0 Å². The third-order valence-corrected chi connectivity index (χ3v) is 3.03. The molecular formula is C15H22ClNO3. The van der Waals surface area contributed by atoms with Gasteiger partial charge in [-0.2, -0.15) is 0 Å². The fourth-order valence-corrected chi connectivity index (χ4v) is 2.00. The Bertz CT molecular complexity index is 443. The number of hydrogen-bond acceptors (Lipinski definition) is 3. The van der Waals surface area contributed by atoms with E-state index in [-0.39, 0.29) is 18.9 Å². The van der Waals surface area contributed by atoms with Gasteiger partial charge in [-0.3, -0.25) is 4.79 Å². The second kappa shape index (κ2) is 7.50. The molecule has 1 N–H and O–H groups in total. The average molecular weight is 300 g/mol. The van der Waals surface area contributed by atoms with Crippen LogP contribution in [0.3, 0.4) is 0 Å². The molecule has 0 fully saturated rings. The van der Waals surface area contributed by atoms with E-state index < -0.39 is 5.60 Å². The topological polar surface area (TPSA) is 49.8 Å². The Balaban J connectivity index is 2.44. The SMILES string of the molecule is CCN(CC(C)(C)O)C(=O)CCOc1ccccc1Cl. The summed E-state index contributed by atoms with van der Waals surface area (Å²) in [6.07, 6.45) is 0.259. The zero-order chi connectivity index (χ0) is 15.2. The van der Waals surface area contributed by atoms with Crippen LogP contribution in [0.25, 0.3) is 0 Å². The highest BCUT2D eigenvalue weighted by atomic mass is 35.5. The molecule has 0 saturated heterocycles. The van der Waals surface area contributed by atoms with Gasteiger partial charge >= 0.3 is 0 Å². The first kappa shape index (κ1) is 16.8. The molecule has 1 aromatic carbocycles. The molecule has 20 heavy (non-hydrogen) atoms. The summed E-state index contributed by atoms with van der Waals surface area (Å²) in [7, 11) is 0. The minimum atomic E-state index is -0.894. The number of rotatable bonds is 7. The fourth-order valence-electron chi connectivity index (χ4n) is 1.81. The van der Waals surface area contributed by atoms with Crippen molar-refractivity contribution in [2.75, 3.05) is 19.7 Å². The molecule has 112 valence electrons. The zero-order valence-corrected chi connectivity index (χ0v) is 13.0. The van der Waals surface area contributed by atoms with Crippen molar-refractivity contribution in [1.82, 2.24) is 4.90 Å². The van der Waals surface area contributed by atoms with Crippen LogP contribution in [0.5, 0.6) is 5.75 Å². The van der Waals surface area contributed by atoms with Gasteiger partial charge in [-0.25, -0.2) is 0 Å². The highest BCUT2D eigenvalue weighted by molar-refractivity contribution is 6.32. The third-order valence-electron chi connectivity index (χ3n) is 2.72. The molecule has 0 aliphatic heterocycles. The molecule has 1 rings (SSSR count).